The lowest BCUT2D eigenvalue weighted by molar-refractivity contribution is -0.136. The number of hydrogen-bond acceptors (Lipinski definition) is 6. The van der Waals surface area contributed by atoms with Crippen molar-refractivity contribution in [2.75, 3.05) is 39.8 Å². The van der Waals surface area contributed by atoms with Crippen molar-refractivity contribution in [2.24, 2.45) is 0 Å². The Bertz CT molecular complexity index is 1150. The number of amides is 2. The number of carbonyl (C=O) groups excluding carboxylic acids is 2. The number of hydrogen-bond donors (Lipinski definition) is 1. The number of ether oxygens (including phenoxy) is 2. The van der Waals surface area contributed by atoms with Gasteiger partial charge in [0.2, 0.25) is 11.8 Å². The van der Waals surface area contributed by atoms with Crippen molar-refractivity contribution in [2.45, 2.75) is 12.6 Å². The van der Waals surface area contributed by atoms with Crippen molar-refractivity contribution in [1.82, 2.24) is 20.1 Å². The third-order valence-corrected chi connectivity index (χ3v) is 6.39. The number of pyridine rings is 1. The van der Waals surface area contributed by atoms with Gasteiger partial charge in [-0.2, -0.15) is 0 Å². The summed E-state index contributed by atoms with van der Waals surface area (Å²) >= 11 is 3.39. The fourth-order valence-electron chi connectivity index (χ4n) is 3.79. The Morgan fingerprint density at radius 2 is 1.72 bits per heavy atom. The number of aromatic nitrogens is 1. The number of likely N-dealkylation sites (N-methyl/N-ethyl adjacent to an activating group) is 1. The molecule has 3 aromatic rings. The second-order valence-electron chi connectivity index (χ2n) is 8.57. The van der Waals surface area contributed by atoms with Crippen LogP contribution in [0.5, 0.6) is 11.6 Å². The first-order valence-electron chi connectivity index (χ1n) is 11.8. The highest BCUT2D eigenvalue weighted by atomic mass is 79.9. The molecule has 2 heterocycles. The number of nitrogens with one attached hydrogen (secondary N) is 1. The van der Waals surface area contributed by atoms with Gasteiger partial charge < -0.3 is 24.6 Å². The highest BCUT2D eigenvalue weighted by Crippen LogP contribution is 2.24. The summed E-state index contributed by atoms with van der Waals surface area (Å²) in [5.41, 5.74) is 1.23. The minimum absolute atomic E-state index is 0.0506. The zero-order chi connectivity index (χ0) is 25.3. The molecular weight excluding hydrogens is 524 g/mol. The van der Waals surface area contributed by atoms with Crippen LogP contribution in [0.4, 0.5) is 0 Å². The predicted octanol–water partition coefficient (Wildman–Crippen LogP) is 3.73. The summed E-state index contributed by atoms with van der Waals surface area (Å²) in [6.45, 7) is 3.16. The van der Waals surface area contributed by atoms with Crippen LogP contribution in [-0.2, 0) is 16.1 Å². The fourth-order valence-corrected chi connectivity index (χ4v) is 4.05. The van der Waals surface area contributed by atoms with Crippen LogP contribution in [0.1, 0.15) is 15.9 Å². The zero-order valence-electron chi connectivity index (χ0n) is 20.1. The summed E-state index contributed by atoms with van der Waals surface area (Å²) in [6, 6.07) is 19.4. The zero-order valence-corrected chi connectivity index (χ0v) is 21.7. The number of carbonyl (C=O) groups is 2. The van der Waals surface area contributed by atoms with Gasteiger partial charge >= 0.3 is 0 Å². The molecule has 0 aliphatic carbocycles. The molecule has 1 atom stereocenters. The molecule has 0 radical (unpaired) electrons. The van der Waals surface area contributed by atoms with Gasteiger partial charge in [-0.1, -0.05) is 46.3 Å². The fraction of sp³-hybridized carbons (Fsp3) is 0.296. The first-order chi connectivity index (χ1) is 17.5. The molecule has 1 fully saturated rings. The van der Waals surface area contributed by atoms with Gasteiger partial charge in [0.05, 0.1) is 13.2 Å². The molecule has 1 unspecified atom stereocenters. The maximum atomic E-state index is 13.4. The molecule has 9 heteroatoms. The normalized spacial score (nSPS) is 14.8. The van der Waals surface area contributed by atoms with Gasteiger partial charge in [0, 0.05) is 36.8 Å². The standard InChI is InChI=1S/C27H29BrN4O4/c1-31-14-16-32(17-15-31)27(34)24(19-35-18-20-6-3-2-4-7-20)30-25(33)23-8-5-13-29-26(23)36-22-11-9-21(28)10-12-22/h2-13,24H,14-19H2,1H3,(H,30,33). The minimum Gasteiger partial charge on any atom is -0.438 e. The molecule has 188 valence electrons. The molecule has 2 aromatic carbocycles. The molecule has 0 bridgehead atoms. The lowest BCUT2D eigenvalue weighted by Gasteiger charge is -2.34. The van der Waals surface area contributed by atoms with Crippen molar-refractivity contribution in [3.05, 3.63) is 88.5 Å². The topological polar surface area (TPSA) is 84.0 Å². The predicted molar refractivity (Wildman–Crippen MR) is 140 cm³/mol. The monoisotopic (exact) mass is 552 g/mol. The van der Waals surface area contributed by atoms with Crippen LogP contribution in [0.15, 0.2) is 77.4 Å². The molecular formula is C27H29BrN4O4. The van der Waals surface area contributed by atoms with Crippen LogP contribution in [0.3, 0.4) is 0 Å². The first kappa shape index (κ1) is 25.8. The number of rotatable bonds is 9. The largest absolute Gasteiger partial charge is 0.438 e. The highest BCUT2D eigenvalue weighted by molar-refractivity contribution is 9.10. The van der Waals surface area contributed by atoms with E-state index in [1.165, 1.54) is 0 Å². The molecule has 0 saturated carbocycles. The molecule has 1 aromatic heterocycles. The second kappa shape index (κ2) is 12.6. The average molecular weight is 553 g/mol. The Balaban J connectivity index is 1.48. The SMILES string of the molecule is CN1CCN(C(=O)C(COCc2ccccc2)NC(=O)c2cccnc2Oc2ccc(Br)cc2)CC1. The van der Waals surface area contributed by atoms with Gasteiger partial charge in [0.1, 0.15) is 17.4 Å². The maximum absolute atomic E-state index is 13.4. The van der Waals surface area contributed by atoms with E-state index in [1.807, 2.05) is 49.5 Å². The van der Waals surface area contributed by atoms with Crippen LogP contribution < -0.4 is 10.1 Å². The average Bonchev–Trinajstić information content (AvgIpc) is 2.90. The van der Waals surface area contributed by atoms with Gasteiger partial charge in [0.15, 0.2) is 0 Å². The summed E-state index contributed by atoms with van der Waals surface area (Å²) in [5, 5.41) is 2.87. The van der Waals surface area contributed by atoms with Crippen LogP contribution >= 0.6 is 15.9 Å². The Labute approximate surface area is 219 Å². The highest BCUT2D eigenvalue weighted by Gasteiger charge is 2.29. The van der Waals surface area contributed by atoms with Crippen LogP contribution in [0.25, 0.3) is 0 Å². The number of benzene rings is 2. The number of piperazine rings is 1. The molecule has 4 rings (SSSR count). The van der Waals surface area contributed by atoms with Gasteiger partial charge in [-0.25, -0.2) is 4.98 Å². The Kier molecular flexibility index (Phi) is 9.05. The Hall–Kier alpha value is -3.27. The molecule has 1 N–H and O–H groups in total. The van der Waals surface area contributed by atoms with E-state index in [0.717, 1.165) is 23.1 Å². The third kappa shape index (κ3) is 7.13. The maximum Gasteiger partial charge on any atom is 0.257 e. The smallest absolute Gasteiger partial charge is 0.257 e. The molecule has 0 spiro atoms. The summed E-state index contributed by atoms with van der Waals surface area (Å²) in [7, 11) is 2.03. The Morgan fingerprint density at radius 3 is 2.44 bits per heavy atom. The van der Waals surface area contributed by atoms with Crippen molar-refractivity contribution >= 4 is 27.7 Å². The first-order valence-corrected chi connectivity index (χ1v) is 12.6. The van der Waals surface area contributed by atoms with Crippen molar-refractivity contribution in [3.63, 3.8) is 0 Å². The van der Waals surface area contributed by atoms with Crippen LogP contribution in [-0.4, -0.2) is 72.5 Å². The van der Waals surface area contributed by atoms with E-state index < -0.39 is 11.9 Å². The van der Waals surface area contributed by atoms with E-state index in [1.54, 1.807) is 35.4 Å². The van der Waals surface area contributed by atoms with E-state index in [4.69, 9.17) is 9.47 Å². The third-order valence-electron chi connectivity index (χ3n) is 5.86. The summed E-state index contributed by atoms with van der Waals surface area (Å²) in [6.07, 6.45) is 1.56. The van der Waals surface area contributed by atoms with Crippen molar-refractivity contribution in [1.29, 1.82) is 0 Å². The molecule has 1 saturated heterocycles. The van der Waals surface area contributed by atoms with Crippen molar-refractivity contribution in [3.8, 4) is 11.6 Å². The lowest BCUT2D eigenvalue weighted by Crippen LogP contribution is -2.55. The van der Waals surface area contributed by atoms with Crippen LogP contribution in [0.2, 0.25) is 0 Å². The van der Waals surface area contributed by atoms with Gasteiger partial charge in [-0.05, 0) is 49.0 Å². The van der Waals surface area contributed by atoms with Crippen molar-refractivity contribution < 1.29 is 19.1 Å². The molecule has 36 heavy (non-hydrogen) atoms. The molecule has 1 aliphatic rings. The summed E-state index contributed by atoms with van der Waals surface area (Å²) < 4.78 is 12.6. The Morgan fingerprint density at radius 1 is 1.00 bits per heavy atom. The van der Waals surface area contributed by atoms with E-state index >= 15 is 0 Å². The van der Waals surface area contributed by atoms with E-state index in [-0.39, 0.29) is 24.0 Å². The molecule has 2 amide bonds. The molecule has 8 nitrogen and oxygen atoms in total. The number of nitrogens with zero attached hydrogens (tertiary/aromatic N) is 3. The lowest BCUT2D eigenvalue weighted by atomic mass is 10.2. The van der Waals surface area contributed by atoms with Gasteiger partial charge in [0.25, 0.3) is 5.91 Å². The second-order valence-corrected chi connectivity index (χ2v) is 9.48. The van der Waals surface area contributed by atoms with Crippen LogP contribution in [0, 0.1) is 0 Å². The van der Waals surface area contributed by atoms with E-state index in [9.17, 15) is 9.59 Å². The minimum atomic E-state index is -0.842. The summed E-state index contributed by atoms with van der Waals surface area (Å²) in [5.74, 6) is 0.0883. The quantitative estimate of drug-likeness (QED) is 0.435. The van der Waals surface area contributed by atoms with E-state index in [2.05, 4.69) is 31.1 Å². The van der Waals surface area contributed by atoms with E-state index in [0.29, 0.717) is 25.4 Å². The van der Waals surface area contributed by atoms with Gasteiger partial charge in [-0.3, -0.25) is 9.59 Å². The molecule has 1 aliphatic heterocycles. The number of halogens is 1. The van der Waals surface area contributed by atoms with Gasteiger partial charge in [-0.15, -0.1) is 0 Å². The summed E-state index contributed by atoms with van der Waals surface area (Å²) in [4.78, 5) is 34.9.